The fourth-order valence-corrected chi connectivity index (χ4v) is 2.72. The molecule has 0 radical (unpaired) electrons. The molecule has 1 aromatic rings. The van der Waals surface area contributed by atoms with Gasteiger partial charge < -0.3 is 9.64 Å². The summed E-state index contributed by atoms with van der Waals surface area (Å²) < 4.78 is 5.13. The Morgan fingerprint density at radius 2 is 2.35 bits per heavy atom. The Bertz CT molecular complexity index is 416. The standard InChI is InChI=1S/C14H22N2O2S2/c1-3-4-9-18-14(17)16(2)8-10-20-11-12-13(19)6-5-7-15-12/h5-7,19H,3-4,8-11H2,1-2H3. The largest absolute Gasteiger partial charge is 0.449 e. The molecule has 1 amide bonds. The zero-order valence-corrected chi connectivity index (χ0v) is 13.8. The summed E-state index contributed by atoms with van der Waals surface area (Å²) >= 11 is 6.09. The van der Waals surface area contributed by atoms with Crippen LogP contribution >= 0.6 is 24.4 Å². The fraction of sp³-hybridized carbons (Fsp3) is 0.571. The van der Waals surface area contributed by atoms with Crippen molar-refractivity contribution in [3.05, 3.63) is 24.0 Å². The third kappa shape index (κ3) is 6.52. The van der Waals surface area contributed by atoms with Crippen LogP contribution < -0.4 is 0 Å². The molecule has 20 heavy (non-hydrogen) atoms. The average molecular weight is 314 g/mol. The Morgan fingerprint density at radius 3 is 3.05 bits per heavy atom. The molecule has 0 unspecified atom stereocenters. The topological polar surface area (TPSA) is 42.4 Å². The van der Waals surface area contributed by atoms with Crippen molar-refractivity contribution in [2.75, 3.05) is 26.0 Å². The number of carbonyl (C=O) groups is 1. The molecule has 1 rings (SSSR count). The van der Waals surface area contributed by atoms with Gasteiger partial charge in [-0.05, 0) is 18.6 Å². The lowest BCUT2D eigenvalue weighted by molar-refractivity contribution is 0.112. The van der Waals surface area contributed by atoms with E-state index in [4.69, 9.17) is 4.74 Å². The molecule has 0 saturated carbocycles. The zero-order chi connectivity index (χ0) is 14.8. The van der Waals surface area contributed by atoms with Crippen molar-refractivity contribution in [1.29, 1.82) is 0 Å². The van der Waals surface area contributed by atoms with Crippen molar-refractivity contribution in [2.45, 2.75) is 30.4 Å². The van der Waals surface area contributed by atoms with E-state index in [1.165, 1.54) is 0 Å². The van der Waals surface area contributed by atoms with Crippen LogP contribution in [0.25, 0.3) is 0 Å². The third-order valence-corrected chi connectivity index (χ3v) is 4.07. The lowest BCUT2D eigenvalue weighted by atomic mass is 10.4. The van der Waals surface area contributed by atoms with Crippen LogP contribution in [0.15, 0.2) is 23.2 Å². The number of rotatable bonds is 8. The second-order valence-electron chi connectivity index (χ2n) is 4.41. The van der Waals surface area contributed by atoms with Crippen LogP contribution in [-0.4, -0.2) is 41.9 Å². The van der Waals surface area contributed by atoms with Crippen molar-refractivity contribution < 1.29 is 9.53 Å². The maximum absolute atomic E-state index is 11.6. The number of aromatic nitrogens is 1. The van der Waals surface area contributed by atoms with E-state index in [9.17, 15) is 4.79 Å². The second kappa shape index (κ2) is 9.94. The Hall–Kier alpha value is -0.880. The van der Waals surface area contributed by atoms with Gasteiger partial charge in [0.2, 0.25) is 0 Å². The maximum Gasteiger partial charge on any atom is 0.409 e. The summed E-state index contributed by atoms with van der Waals surface area (Å²) in [6.45, 7) is 3.25. The molecule has 0 bridgehead atoms. The van der Waals surface area contributed by atoms with E-state index in [0.29, 0.717) is 13.2 Å². The predicted octanol–water partition coefficient (Wildman–Crippen LogP) is 3.47. The number of nitrogens with zero attached hydrogens (tertiary/aromatic N) is 2. The Morgan fingerprint density at radius 1 is 1.55 bits per heavy atom. The highest BCUT2D eigenvalue weighted by molar-refractivity contribution is 7.98. The van der Waals surface area contributed by atoms with Crippen molar-refractivity contribution in [1.82, 2.24) is 9.88 Å². The Labute approximate surface area is 130 Å². The van der Waals surface area contributed by atoms with Gasteiger partial charge in [0.05, 0.1) is 12.3 Å². The molecule has 112 valence electrons. The minimum atomic E-state index is -0.244. The molecule has 0 fully saturated rings. The van der Waals surface area contributed by atoms with Crippen LogP contribution in [0.2, 0.25) is 0 Å². The van der Waals surface area contributed by atoms with Crippen LogP contribution in [0.1, 0.15) is 25.5 Å². The van der Waals surface area contributed by atoms with E-state index in [0.717, 1.165) is 34.9 Å². The van der Waals surface area contributed by atoms with Gasteiger partial charge in [-0.3, -0.25) is 4.98 Å². The minimum absolute atomic E-state index is 0.244. The van der Waals surface area contributed by atoms with Gasteiger partial charge in [-0.1, -0.05) is 13.3 Å². The lowest BCUT2D eigenvalue weighted by Gasteiger charge is -2.16. The van der Waals surface area contributed by atoms with Gasteiger partial charge in [0.15, 0.2) is 0 Å². The van der Waals surface area contributed by atoms with Crippen LogP contribution in [0.5, 0.6) is 0 Å². The molecule has 1 heterocycles. The number of hydrogen-bond donors (Lipinski definition) is 1. The molecule has 0 aliphatic carbocycles. The number of thiol groups is 1. The summed E-state index contributed by atoms with van der Waals surface area (Å²) in [5, 5.41) is 0. The zero-order valence-electron chi connectivity index (χ0n) is 12.0. The number of thioether (sulfide) groups is 1. The normalized spacial score (nSPS) is 10.3. The highest BCUT2D eigenvalue weighted by atomic mass is 32.2. The number of ether oxygens (including phenoxy) is 1. The van der Waals surface area contributed by atoms with Gasteiger partial charge in [-0.25, -0.2) is 4.79 Å². The summed E-state index contributed by atoms with van der Waals surface area (Å²) in [6, 6.07) is 3.81. The van der Waals surface area contributed by atoms with E-state index in [1.807, 2.05) is 12.1 Å². The van der Waals surface area contributed by atoms with Gasteiger partial charge in [0, 0.05) is 36.2 Å². The second-order valence-corrected chi connectivity index (χ2v) is 6.00. The summed E-state index contributed by atoms with van der Waals surface area (Å²) in [6.07, 6.45) is 3.47. The molecular formula is C14H22N2O2S2. The van der Waals surface area contributed by atoms with E-state index in [1.54, 1.807) is 29.9 Å². The molecule has 0 spiro atoms. The minimum Gasteiger partial charge on any atom is -0.449 e. The van der Waals surface area contributed by atoms with Gasteiger partial charge >= 0.3 is 6.09 Å². The molecule has 0 saturated heterocycles. The number of hydrogen-bond acceptors (Lipinski definition) is 5. The highest BCUT2D eigenvalue weighted by Crippen LogP contribution is 2.16. The summed E-state index contributed by atoms with van der Waals surface area (Å²) in [7, 11) is 1.76. The maximum atomic E-state index is 11.6. The van der Waals surface area contributed by atoms with E-state index in [-0.39, 0.29) is 6.09 Å². The molecule has 0 aliphatic heterocycles. The highest BCUT2D eigenvalue weighted by Gasteiger charge is 2.09. The lowest BCUT2D eigenvalue weighted by Crippen LogP contribution is -2.29. The molecule has 1 aromatic heterocycles. The Balaban J connectivity index is 2.17. The van der Waals surface area contributed by atoms with Gasteiger partial charge in [-0.15, -0.1) is 12.6 Å². The third-order valence-electron chi connectivity index (χ3n) is 2.71. The molecular weight excluding hydrogens is 292 g/mol. The molecule has 4 nitrogen and oxygen atoms in total. The van der Waals surface area contributed by atoms with Crippen LogP contribution in [0.3, 0.4) is 0 Å². The molecule has 0 atom stereocenters. The quantitative estimate of drug-likeness (QED) is 0.589. The SMILES string of the molecule is CCCCOC(=O)N(C)CCSCc1ncccc1S. The molecule has 0 N–H and O–H groups in total. The summed E-state index contributed by atoms with van der Waals surface area (Å²) in [4.78, 5) is 18.4. The van der Waals surface area contributed by atoms with E-state index < -0.39 is 0 Å². The average Bonchev–Trinajstić information content (AvgIpc) is 2.45. The first kappa shape index (κ1) is 17.2. The van der Waals surface area contributed by atoms with Gasteiger partial charge in [-0.2, -0.15) is 11.8 Å². The molecule has 6 heteroatoms. The summed E-state index contributed by atoms with van der Waals surface area (Å²) in [5.41, 5.74) is 0.981. The monoisotopic (exact) mass is 314 g/mol. The Kier molecular flexibility index (Phi) is 8.53. The van der Waals surface area contributed by atoms with E-state index in [2.05, 4.69) is 24.5 Å². The van der Waals surface area contributed by atoms with Crippen LogP contribution in [-0.2, 0) is 10.5 Å². The van der Waals surface area contributed by atoms with E-state index >= 15 is 0 Å². The van der Waals surface area contributed by atoms with Crippen LogP contribution in [0, 0.1) is 0 Å². The van der Waals surface area contributed by atoms with Crippen molar-refractivity contribution in [2.24, 2.45) is 0 Å². The number of carbonyl (C=O) groups excluding carboxylic acids is 1. The first-order chi connectivity index (χ1) is 9.65. The van der Waals surface area contributed by atoms with Crippen molar-refractivity contribution in [3.8, 4) is 0 Å². The first-order valence-electron chi connectivity index (χ1n) is 6.73. The number of unbranched alkanes of at least 4 members (excludes halogenated alkanes) is 1. The van der Waals surface area contributed by atoms with Crippen molar-refractivity contribution in [3.63, 3.8) is 0 Å². The first-order valence-corrected chi connectivity index (χ1v) is 8.33. The number of amides is 1. The summed E-state index contributed by atoms with van der Waals surface area (Å²) in [5.74, 6) is 1.65. The fourth-order valence-electron chi connectivity index (χ4n) is 1.42. The molecule has 0 aromatic carbocycles. The van der Waals surface area contributed by atoms with Gasteiger partial charge in [0.25, 0.3) is 0 Å². The van der Waals surface area contributed by atoms with Crippen molar-refractivity contribution >= 4 is 30.5 Å². The number of pyridine rings is 1. The smallest absolute Gasteiger partial charge is 0.409 e. The van der Waals surface area contributed by atoms with Gasteiger partial charge in [0.1, 0.15) is 0 Å². The predicted molar refractivity (Wildman–Crippen MR) is 86.5 cm³/mol. The van der Waals surface area contributed by atoms with Crippen LogP contribution in [0.4, 0.5) is 4.79 Å². The molecule has 0 aliphatic rings.